The fourth-order valence-electron chi connectivity index (χ4n) is 3.05. The van der Waals surface area contributed by atoms with Crippen molar-refractivity contribution in [3.05, 3.63) is 48.4 Å². The second-order valence-corrected chi connectivity index (χ2v) is 6.99. The summed E-state index contributed by atoms with van der Waals surface area (Å²) in [5, 5.41) is 13.3. The van der Waals surface area contributed by atoms with Gasteiger partial charge in [0, 0.05) is 33.4 Å². The summed E-state index contributed by atoms with van der Waals surface area (Å²) in [6.45, 7) is 6.50. The summed E-state index contributed by atoms with van der Waals surface area (Å²) in [7, 11) is 4.99. The average Bonchev–Trinajstić information content (AvgIpc) is 3.34. The van der Waals surface area contributed by atoms with Gasteiger partial charge in [-0.25, -0.2) is 9.97 Å². The van der Waals surface area contributed by atoms with Gasteiger partial charge in [-0.2, -0.15) is 10.1 Å². The van der Waals surface area contributed by atoms with E-state index in [9.17, 15) is 4.79 Å². The van der Waals surface area contributed by atoms with Crippen LogP contribution in [0.5, 0.6) is 5.75 Å². The van der Waals surface area contributed by atoms with Crippen molar-refractivity contribution < 1.29 is 9.53 Å². The molecule has 3 rings (SSSR count). The first-order valence-electron chi connectivity index (χ1n) is 11.5. The van der Waals surface area contributed by atoms with Crippen LogP contribution in [0.4, 0.5) is 17.5 Å². The maximum Gasteiger partial charge on any atom is 0.256 e. The van der Waals surface area contributed by atoms with Gasteiger partial charge in [0.1, 0.15) is 23.5 Å². The molecule has 5 N–H and O–H groups in total. The number of aliphatic imine (C=N–C) groups is 1. The highest BCUT2D eigenvalue weighted by atomic mass is 16.5. The highest BCUT2D eigenvalue weighted by Gasteiger charge is 2.19. The SMILES string of the molecule is C/C=C\C(=NC)Nc1ncc(C(=O)NCCN)c(Nc2cccc(-c3ncn(C)n3)c2OC)n1.CC. The van der Waals surface area contributed by atoms with Gasteiger partial charge in [-0.15, -0.1) is 0 Å². The summed E-state index contributed by atoms with van der Waals surface area (Å²) in [4.78, 5) is 30.0. The van der Waals surface area contributed by atoms with E-state index in [0.29, 0.717) is 41.7 Å². The molecule has 0 saturated heterocycles. The van der Waals surface area contributed by atoms with Gasteiger partial charge in [-0.05, 0) is 25.1 Å². The number of carbonyl (C=O) groups is 1. The van der Waals surface area contributed by atoms with Gasteiger partial charge in [0.2, 0.25) is 5.95 Å². The number of nitrogens with zero attached hydrogens (tertiary/aromatic N) is 6. The van der Waals surface area contributed by atoms with Crippen LogP contribution in [0.3, 0.4) is 0 Å². The molecule has 0 fully saturated rings. The maximum atomic E-state index is 12.8. The predicted molar refractivity (Wildman–Crippen MR) is 143 cm³/mol. The molecule has 36 heavy (non-hydrogen) atoms. The third kappa shape index (κ3) is 7.09. The summed E-state index contributed by atoms with van der Waals surface area (Å²) in [5.41, 5.74) is 7.02. The summed E-state index contributed by atoms with van der Waals surface area (Å²) in [5.74, 6) is 1.74. The Morgan fingerprint density at radius 3 is 2.67 bits per heavy atom. The minimum atomic E-state index is -0.362. The van der Waals surface area contributed by atoms with E-state index in [2.05, 4.69) is 41.0 Å². The molecule has 2 aromatic heterocycles. The molecule has 12 heteroatoms. The number of rotatable bonds is 9. The largest absolute Gasteiger partial charge is 0.494 e. The van der Waals surface area contributed by atoms with E-state index in [1.807, 2.05) is 39.0 Å². The van der Waals surface area contributed by atoms with Gasteiger partial charge < -0.3 is 26.4 Å². The number of nitrogens with two attached hydrogens (primary N) is 1. The Morgan fingerprint density at radius 1 is 1.28 bits per heavy atom. The van der Waals surface area contributed by atoms with Crippen molar-refractivity contribution in [1.29, 1.82) is 0 Å². The second kappa shape index (κ2) is 14.2. The van der Waals surface area contributed by atoms with Gasteiger partial charge in [0.05, 0.1) is 18.4 Å². The maximum absolute atomic E-state index is 12.8. The van der Waals surface area contributed by atoms with Crippen molar-refractivity contribution >= 4 is 29.2 Å². The Morgan fingerprint density at radius 2 is 2.06 bits per heavy atom. The van der Waals surface area contributed by atoms with Gasteiger partial charge in [0.25, 0.3) is 5.91 Å². The van der Waals surface area contributed by atoms with Crippen LogP contribution in [0.1, 0.15) is 31.1 Å². The molecule has 0 atom stereocenters. The zero-order valence-corrected chi connectivity index (χ0v) is 21.5. The number of anilines is 3. The number of allylic oxidation sites excluding steroid dienone is 1. The van der Waals surface area contributed by atoms with Crippen LogP contribution in [0, 0.1) is 0 Å². The molecule has 3 aromatic rings. The first kappa shape index (κ1) is 27.9. The quantitative estimate of drug-likeness (QED) is 0.259. The Bertz CT molecular complexity index is 1200. The van der Waals surface area contributed by atoms with Gasteiger partial charge in [0.15, 0.2) is 11.6 Å². The van der Waals surface area contributed by atoms with Gasteiger partial charge in [-0.1, -0.05) is 26.0 Å². The van der Waals surface area contributed by atoms with E-state index in [-0.39, 0.29) is 23.2 Å². The summed E-state index contributed by atoms with van der Waals surface area (Å²) in [6, 6.07) is 5.49. The topological polar surface area (TPSA) is 157 Å². The van der Waals surface area contributed by atoms with E-state index < -0.39 is 0 Å². The monoisotopic (exact) mass is 494 g/mol. The number of amides is 1. The van der Waals surface area contributed by atoms with Crippen LogP contribution in [0.25, 0.3) is 11.4 Å². The van der Waals surface area contributed by atoms with E-state index in [1.165, 1.54) is 6.20 Å². The lowest BCUT2D eigenvalue weighted by molar-refractivity contribution is 0.0955. The fraction of sp³-hybridized carbons (Fsp3) is 0.333. The molecule has 192 valence electrons. The number of ether oxygens (including phenoxy) is 1. The Labute approximate surface area is 211 Å². The molecule has 12 nitrogen and oxygen atoms in total. The molecular formula is C24H34N10O2. The van der Waals surface area contributed by atoms with Crippen molar-refractivity contribution in [2.45, 2.75) is 20.8 Å². The number of nitrogens with one attached hydrogen (secondary N) is 3. The van der Waals surface area contributed by atoms with Crippen LogP contribution in [-0.2, 0) is 7.05 Å². The van der Waals surface area contributed by atoms with Crippen molar-refractivity contribution in [2.24, 2.45) is 17.8 Å². The zero-order chi connectivity index (χ0) is 26.5. The summed E-state index contributed by atoms with van der Waals surface area (Å²) < 4.78 is 7.27. The van der Waals surface area contributed by atoms with Crippen LogP contribution in [-0.4, -0.2) is 63.7 Å². The molecule has 0 aliphatic carbocycles. The molecule has 0 spiro atoms. The Kier molecular flexibility index (Phi) is 11.0. The molecule has 0 aliphatic heterocycles. The smallest absolute Gasteiger partial charge is 0.256 e. The van der Waals surface area contributed by atoms with Crippen LogP contribution >= 0.6 is 0 Å². The number of amidine groups is 1. The molecule has 0 aliphatic rings. The average molecular weight is 495 g/mol. The number of aromatic nitrogens is 5. The first-order chi connectivity index (χ1) is 17.5. The number of methoxy groups -OCH3 is 1. The third-order valence-electron chi connectivity index (χ3n) is 4.58. The van der Waals surface area contributed by atoms with E-state index in [4.69, 9.17) is 10.5 Å². The van der Waals surface area contributed by atoms with Crippen molar-refractivity contribution in [1.82, 2.24) is 30.0 Å². The van der Waals surface area contributed by atoms with E-state index >= 15 is 0 Å². The minimum absolute atomic E-state index is 0.239. The number of carbonyl (C=O) groups excluding carboxylic acids is 1. The summed E-state index contributed by atoms with van der Waals surface area (Å²) >= 11 is 0. The second-order valence-electron chi connectivity index (χ2n) is 6.99. The third-order valence-corrected chi connectivity index (χ3v) is 4.58. The molecule has 0 radical (unpaired) electrons. The number of hydrogen-bond acceptors (Lipinski definition) is 9. The van der Waals surface area contributed by atoms with Crippen LogP contribution in [0.15, 0.2) is 47.9 Å². The van der Waals surface area contributed by atoms with Crippen molar-refractivity contribution in [3.63, 3.8) is 0 Å². The first-order valence-corrected chi connectivity index (χ1v) is 11.5. The molecular weight excluding hydrogens is 460 g/mol. The van der Waals surface area contributed by atoms with E-state index in [1.54, 1.807) is 44.4 Å². The lowest BCUT2D eigenvalue weighted by Crippen LogP contribution is -2.30. The predicted octanol–water partition coefficient (Wildman–Crippen LogP) is 2.76. The minimum Gasteiger partial charge on any atom is -0.494 e. The van der Waals surface area contributed by atoms with Gasteiger partial charge in [-0.3, -0.25) is 14.5 Å². The Hall–Kier alpha value is -4.32. The molecule has 0 bridgehead atoms. The number of para-hydroxylation sites is 1. The van der Waals surface area contributed by atoms with E-state index in [0.717, 1.165) is 0 Å². The normalized spacial score (nSPS) is 11.0. The molecule has 1 amide bonds. The molecule has 0 unspecified atom stereocenters. The lowest BCUT2D eigenvalue weighted by atomic mass is 10.1. The summed E-state index contributed by atoms with van der Waals surface area (Å²) in [6.07, 6.45) is 6.66. The molecule has 1 aromatic carbocycles. The van der Waals surface area contributed by atoms with Crippen molar-refractivity contribution in [2.75, 3.05) is 37.9 Å². The fourth-order valence-corrected chi connectivity index (χ4v) is 3.05. The van der Waals surface area contributed by atoms with Crippen LogP contribution < -0.4 is 26.4 Å². The molecule has 0 saturated carbocycles. The number of hydrogen-bond donors (Lipinski definition) is 4. The number of aryl methyl sites for hydroxylation is 1. The van der Waals surface area contributed by atoms with Gasteiger partial charge >= 0.3 is 0 Å². The highest BCUT2D eigenvalue weighted by molar-refractivity contribution is 6.03. The standard InChI is InChI=1S/C22H28N10O2.C2H6/c1-5-7-17(24-2)29-22-26-12-15(21(33)25-11-10-23)20(30-22)28-16-9-6-8-14(18(16)34-4)19-27-13-32(3)31-19;1-2/h5-9,12-13H,10-11,23H2,1-4H3,(H,25,33)(H2,24,26,28,29,30);1-2H3/b7-5-;. The zero-order valence-electron chi connectivity index (χ0n) is 21.5. The highest BCUT2D eigenvalue weighted by Crippen LogP contribution is 2.36. The van der Waals surface area contributed by atoms with Crippen molar-refractivity contribution in [3.8, 4) is 17.1 Å². The molecule has 2 heterocycles. The van der Waals surface area contributed by atoms with Crippen LogP contribution in [0.2, 0.25) is 0 Å². The number of benzene rings is 1. The Balaban J connectivity index is 0.00000222. The lowest BCUT2D eigenvalue weighted by Gasteiger charge is -2.16.